The Kier molecular flexibility index (Phi) is 5.16. The van der Waals surface area contributed by atoms with Gasteiger partial charge in [-0.3, -0.25) is 4.79 Å². The smallest absolute Gasteiger partial charge is 0.337 e. The molecule has 0 aliphatic carbocycles. The van der Waals surface area contributed by atoms with Crippen molar-refractivity contribution in [1.82, 2.24) is 4.98 Å². The molecule has 0 spiro atoms. The van der Waals surface area contributed by atoms with Gasteiger partial charge < -0.3 is 10.1 Å². The van der Waals surface area contributed by atoms with Crippen molar-refractivity contribution < 1.29 is 14.3 Å². The minimum Gasteiger partial charge on any atom is -0.465 e. The normalized spacial score (nSPS) is 10.1. The van der Waals surface area contributed by atoms with Gasteiger partial charge in [0.15, 0.2) is 0 Å². The lowest BCUT2D eigenvalue weighted by molar-refractivity contribution is 0.0600. The van der Waals surface area contributed by atoms with Crippen LogP contribution in [0.25, 0.3) is 0 Å². The summed E-state index contributed by atoms with van der Waals surface area (Å²) in [6.45, 7) is 1.86. The van der Waals surface area contributed by atoms with Crippen molar-refractivity contribution in [3.63, 3.8) is 0 Å². The summed E-state index contributed by atoms with van der Waals surface area (Å²) in [5, 5.41) is 3.47. The molecule has 0 aliphatic rings. The minimum atomic E-state index is -0.443. The van der Waals surface area contributed by atoms with Gasteiger partial charge in [-0.2, -0.15) is 0 Å². The quantitative estimate of drug-likeness (QED) is 0.693. The molecule has 1 aromatic heterocycles. The number of nitrogens with zero attached hydrogens (tertiary/aromatic N) is 1. The number of nitrogens with one attached hydrogen (secondary N) is 1. The van der Waals surface area contributed by atoms with Crippen LogP contribution in [-0.2, 0) is 4.74 Å². The van der Waals surface area contributed by atoms with Gasteiger partial charge in [-0.25, -0.2) is 9.78 Å². The molecule has 0 fully saturated rings. The van der Waals surface area contributed by atoms with E-state index in [0.717, 1.165) is 5.56 Å². The maximum absolute atomic E-state index is 12.4. The standard InChI is InChI=1S/C16H16N2O3S/c1-10-6-7-11(16(20)21-2)9-13(10)18-14(19)12-5-4-8-17-15(12)22-3/h4-9H,1-3H3,(H,18,19). The average molecular weight is 316 g/mol. The molecule has 0 saturated carbocycles. The summed E-state index contributed by atoms with van der Waals surface area (Å²) >= 11 is 1.40. The lowest BCUT2D eigenvalue weighted by Gasteiger charge is -2.11. The Morgan fingerprint density at radius 1 is 1.27 bits per heavy atom. The lowest BCUT2D eigenvalue weighted by Crippen LogP contribution is -2.15. The van der Waals surface area contributed by atoms with Crippen LogP contribution in [0, 0.1) is 6.92 Å². The Bertz CT molecular complexity index is 716. The summed E-state index contributed by atoms with van der Waals surface area (Å²) in [6, 6.07) is 8.46. The Balaban J connectivity index is 2.30. The number of esters is 1. The Morgan fingerprint density at radius 3 is 2.73 bits per heavy atom. The number of aryl methyl sites for hydroxylation is 1. The fourth-order valence-corrected chi connectivity index (χ4v) is 2.46. The van der Waals surface area contributed by atoms with Crippen LogP contribution in [0.2, 0.25) is 0 Å². The average Bonchev–Trinajstić information content (AvgIpc) is 2.55. The van der Waals surface area contributed by atoms with Crippen molar-refractivity contribution in [2.45, 2.75) is 11.9 Å². The van der Waals surface area contributed by atoms with Gasteiger partial charge in [0.05, 0.1) is 18.2 Å². The second kappa shape index (κ2) is 7.09. The molecule has 0 saturated heterocycles. The fraction of sp³-hybridized carbons (Fsp3) is 0.188. The van der Waals surface area contributed by atoms with E-state index in [2.05, 4.69) is 10.3 Å². The van der Waals surface area contributed by atoms with E-state index in [9.17, 15) is 9.59 Å². The van der Waals surface area contributed by atoms with Crippen LogP contribution in [0.4, 0.5) is 5.69 Å². The molecule has 22 heavy (non-hydrogen) atoms. The summed E-state index contributed by atoms with van der Waals surface area (Å²) in [7, 11) is 1.32. The molecule has 0 aliphatic heterocycles. The molecule has 0 atom stereocenters. The molecule has 2 aromatic rings. The van der Waals surface area contributed by atoms with Crippen molar-refractivity contribution in [2.24, 2.45) is 0 Å². The first-order chi connectivity index (χ1) is 10.6. The number of methoxy groups -OCH3 is 1. The van der Waals surface area contributed by atoms with Crippen LogP contribution < -0.4 is 5.32 Å². The number of anilines is 1. The number of rotatable bonds is 4. The fourth-order valence-electron chi connectivity index (χ4n) is 1.92. The number of benzene rings is 1. The zero-order valence-electron chi connectivity index (χ0n) is 12.5. The van der Waals surface area contributed by atoms with Crippen molar-refractivity contribution in [1.29, 1.82) is 0 Å². The molecular formula is C16H16N2O3S. The van der Waals surface area contributed by atoms with E-state index in [4.69, 9.17) is 4.74 Å². The van der Waals surface area contributed by atoms with Gasteiger partial charge in [-0.15, -0.1) is 11.8 Å². The van der Waals surface area contributed by atoms with E-state index in [1.807, 2.05) is 13.2 Å². The summed E-state index contributed by atoms with van der Waals surface area (Å²) in [4.78, 5) is 28.2. The van der Waals surface area contributed by atoms with Gasteiger partial charge in [0.1, 0.15) is 5.03 Å². The lowest BCUT2D eigenvalue weighted by atomic mass is 10.1. The predicted octanol–water partition coefficient (Wildman–Crippen LogP) is 3.15. The third kappa shape index (κ3) is 3.46. The first kappa shape index (κ1) is 16.0. The molecule has 2 rings (SSSR count). The number of aromatic nitrogens is 1. The first-order valence-corrected chi connectivity index (χ1v) is 7.78. The largest absolute Gasteiger partial charge is 0.465 e. The molecule has 114 valence electrons. The SMILES string of the molecule is COC(=O)c1ccc(C)c(NC(=O)c2cccnc2SC)c1. The highest BCUT2D eigenvalue weighted by Gasteiger charge is 2.14. The minimum absolute atomic E-state index is 0.262. The molecule has 0 bridgehead atoms. The second-order valence-electron chi connectivity index (χ2n) is 4.54. The van der Waals surface area contributed by atoms with Crippen molar-refractivity contribution in [3.8, 4) is 0 Å². The van der Waals surface area contributed by atoms with Gasteiger partial charge in [0.25, 0.3) is 5.91 Å². The number of thioether (sulfide) groups is 1. The van der Waals surface area contributed by atoms with Crippen LogP contribution in [0.3, 0.4) is 0 Å². The number of hydrogen-bond acceptors (Lipinski definition) is 5. The Labute approximate surface area is 133 Å². The van der Waals surface area contributed by atoms with E-state index < -0.39 is 5.97 Å². The summed E-state index contributed by atoms with van der Waals surface area (Å²) in [6.07, 6.45) is 3.51. The van der Waals surface area contributed by atoms with Crippen molar-refractivity contribution in [3.05, 3.63) is 53.2 Å². The summed E-state index contributed by atoms with van der Waals surface area (Å²) < 4.78 is 4.69. The van der Waals surface area contributed by atoms with E-state index in [1.165, 1.54) is 18.9 Å². The second-order valence-corrected chi connectivity index (χ2v) is 5.33. The molecule has 1 amide bonds. The third-order valence-corrected chi connectivity index (χ3v) is 3.83. The maximum Gasteiger partial charge on any atom is 0.337 e. The Hall–Kier alpha value is -2.34. The number of carbonyl (C=O) groups excluding carboxylic acids is 2. The molecule has 0 unspecified atom stereocenters. The molecule has 6 heteroatoms. The van der Waals surface area contributed by atoms with Crippen LogP contribution in [0.5, 0.6) is 0 Å². The van der Waals surface area contributed by atoms with Gasteiger partial charge >= 0.3 is 5.97 Å². The molecule has 5 nitrogen and oxygen atoms in total. The van der Waals surface area contributed by atoms with E-state index in [-0.39, 0.29) is 5.91 Å². The van der Waals surface area contributed by atoms with Gasteiger partial charge in [0, 0.05) is 11.9 Å². The molecular weight excluding hydrogens is 300 g/mol. The number of hydrogen-bond donors (Lipinski definition) is 1. The molecule has 0 radical (unpaired) electrons. The highest BCUT2D eigenvalue weighted by Crippen LogP contribution is 2.21. The van der Waals surface area contributed by atoms with Crippen molar-refractivity contribution in [2.75, 3.05) is 18.7 Å². The van der Waals surface area contributed by atoms with E-state index in [0.29, 0.717) is 21.8 Å². The van der Waals surface area contributed by atoms with E-state index in [1.54, 1.807) is 36.5 Å². The van der Waals surface area contributed by atoms with Crippen LogP contribution in [-0.4, -0.2) is 30.2 Å². The van der Waals surface area contributed by atoms with Crippen molar-refractivity contribution >= 4 is 29.3 Å². The highest BCUT2D eigenvalue weighted by molar-refractivity contribution is 7.98. The van der Waals surface area contributed by atoms with Gasteiger partial charge in [0.2, 0.25) is 0 Å². The molecule has 1 heterocycles. The highest BCUT2D eigenvalue weighted by atomic mass is 32.2. The van der Waals surface area contributed by atoms with E-state index >= 15 is 0 Å². The number of carbonyl (C=O) groups is 2. The zero-order valence-corrected chi connectivity index (χ0v) is 13.4. The number of amides is 1. The molecule has 1 aromatic carbocycles. The number of pyridine rings is 1. The molecule has 1 N–H and O–H groups in total. The van der Waals surface area contributed by atoms with Crippen LogP contribution in [0.15, 0.2) is 41.6 Å². The summed E-state index contributed by atoms with van der Waals surface area (Å²) in [5.74, 6) is -0.704. The monoisotopic (exact) mass is 316 g/mol. The first-order valence-electron chi connectivity index (χ1n) is 6.56. The van der Waals surface area contributed by atoms with Gasteiger partial charge in [-0.1, -0.05) is 6.07 Å². The summed E-state index contributed by atoms with van der Waals surface area (Å²) in [5.41, 5.74) is 2.32. The zero-order chi connectivity index (χ0) is 16.1. The van der Waals surface area contributed by atoms with Crippen LogP contribution in [0.1, 0.15) is 26.3 Å². The topological polar surface area (TPSA) is 68.3 Å². The third-order valence-electron chi connectivity index (χ3n) is 3.12. The number of ether oxygens (including phenoxy) is 1. The van der Waals surface area contributed by atoms with Gasteiger partial charge in [-0.05, 0) is 43.0 Å². The maximum atomic E-state index is 12.4. The predicted molar refractivity (Wildman–Crippen MR) is 86.5 cm³/mol. The van der Waals surface area contributed by atoms with Crippen LogP contribution >= 0.6 is 11.8 Å². The Morgan fingerprint density at radius 2 is 2.05 bits per heavy atom.